The molecule has 0 amide bonds. The van der Waals surface area contributed by atoms with Crippen molar-refractivity contribution in [3.05, 3.63) is 35.6 Å². The molecule has 2 fully saturated rings. The summed E-state index contributed by atoms with van der Waals surface area (Å²) in [6.45, 7) is 9.19. The first-order chi connectivity index (χ1) is 13.2. The molecule has 0 saturated carbocycles. The molecule has 28 heavy (non-hydrogen) atoms. The Hall–Kier alpha value is -2.41. The van der Waals surface area contributed by atoms with E-state index in [0.717, 1.165) is 0 Å². The average molecular weight is 390 g/mol. The van der Waals surface area contributed by atoms with Crippen molar-refractivity contribution in [3.8, 4) is 0 Å². The van der Waals surface area contributed by atoms with Gasteiger partial charge >= 0.3 is 11.9 Å². The van der Waals surface area contributed by atoms with Crippen molar-refractivity contribution in [1.82, 2.24) is 0 Å². The molecule has 7 heteroatoms. The van der Waals surface area contributed by atoms with Crippen LogP contribution in [0.2, 0.25) is 0 Å². The molecule has 152 valence electrons. The first-order valence-corrected chi connectivity index (χ1v) is 9.36. The summed E-state index contributed by atoms with van der Waals surface area (Å²) in [6.07, 6.45) is 2.18. The van der Waals surface area contributed by atoms with Crippen LogP contribution in [0.25, 0.3) is 0 Å². The van der Waals surface area contributed by atoms with Crippen molar-refractivity contribution in [2.24, 2.45) is 11.8 Å². The summed E-state index contributed by atoms with van der Waals surface area (Å²) in [5, 5.41) is 0. The fraction of sp³-hybridized carbons (Fsp3) is 0.571. The quantitative estimate of drug-likeness (QED) is 0.537. The summed E-state index contributed by atoms with van der Waals surface area (Å²) in [4.78, 5) is 37.6. The van der Waals surface area contributed by atoms with Gasteiger partial charge in [-0.3, -0.25) is 9.59 Å². The molecular formula is C21H26O7. The van der Waals surface area contributed by atoms with Crippen molar-refractivity contribution in [1.29, 1.82) is 0 Å². The Labute approximate surface area is 164 Å². The van der Waals surface area contributed by atoms with Gasteiger partial charge in [0.05, 0.1) is 12.5 Å². The zero-order chi connectivity index (χ0) is 20.6. The van der Waals surface area contributed by atoms with Crippen LogP contribution in [0.5, 0.6) is 0 Å². The van der Waals surface area contributed by atoms with Crippen LogP contribution in [-0.2, 0) is 33.3 Å². The number of rotatable bonds is 4. The van der Waals surface area contributed by atoms with Gasteiger partial charge in [-0.15, -0.1) is 0 Å². The third-order valence-corrected chi connectivity index (χ3v) is 5.76. The number of hydrogen-bond donors (Lipinski definition) is 0. The molecule has 3 aliphatic rings. The second-order valence-electron chi connectivity index (χ2n) is 7.75. The highest BCUT2D eigenvalue weighted by molar-refractivity contribution is 6.00. The maximum absolute atomic E-state index is 12.6. The van der Waals surface area contributed by atoms with E-state index in [0.29, 0.717) is 23.3 Å². The fourth-order valence-electron chi connectivity index (χ4n) is 4.01. The van der Waals surface area contributed by atoms with Crippen LogP contribution < -0.4 is 0 Å². The molecule has 5 atom stereocenters. The molecule has 0 spiro atoms. The van der Waals surface area contributed by atoms with Crippen molar-refractivity contribution in [3.63, 3.8) is 0 Å². The van der Waals surface area contributed by atoms with E-state index in [4.69, 9.17) is 18.9 Å². The largest absolute Gasteiger partial charge is 0.479 e. The summed E-state index contributed by atoms with van der Waals surface area (Å²) < 4.78 is 22.5. The van der Waals surface area contributed by atoms with E-state index >= 15 is 0 Å². The van der Waals surface area contributed by atoms with Gasteiger partial charge in [0.1, 0.15) is 18.0 Å². The number of carbonyl (C=O) groups excluding carboxylic acids is 3. The van der Waals surface area contributed by atoms with E-state index in [1.165, 1.54) is 13.2 Å². The Bertz CT molecular complexity index is 778. The van der Waals surface area contributed by atoms with Crippen LogP contribution in [0.3, 0.4) is 0 Å². The van der Waals surface area contributed by atoms with Crippen LogP contribution >= 0.6 is 0 Å². The Morgan fingerprint density at radius 3 is 2.79 bits per heavy atom. The fourth-order valence-corrected chi connectivity index (χ4v) is 4.01. The minimum Gasteiger partial charge on any atom is -0.479 e. The lowest BCUT2D eigenvalue weighted by Crippen LogP contribution is -2.45. The molecule has 3 rings (SSSR count). The third-order valence-electron chi connectivity index (χ3n) is 5.76. The minimum absolute atomic E-state index is 0.111. The second kappa shape index (κ2) is 7.54. The molecule has 7 nitrogen and oxygen atoms in total. The molecule has 2 bridgehead atoms. The Kier molecular flexibility index (Phi) is 5.48. The first-order valence-electron chi connectivity index (χ1n) is 9.36. The highest BCUT2D eigenvalue weighted by atomic mass is 16.6. The molecule has 2 saturated heterocycles. The summed E-state index contributed by atoms with van der Waals surface area (Å²) in [6, 6.07) is 0. The predicted molar refractivity (Wildman–Crippen MR) is 99.0 cm³/mol. The Morgan fingerprint density at radius 1 is 1.43 bits per heavy atom. The molecule has 0 aromatic rings. The average Bonchev–Trinajstić information content (AvgIpc) is 3.11. The number of methoxy groups -OCH3 is 1. The standard InChI is InChI=1S/C21H26O7/c1-6-11(2)19(23)27-16-9-21(4)17(22)8-14(28-21)12(3)7-15-18(16)13(10-25-5)20(24)26-15/h6,8,13,15-16,18H,3,7,9-10H2,1-2,4-5H3/b11-6-/t13-,15+,16-,18-,21+/m0/s1. The third kappa shape index (κ3) is 3.51. The van der Waals surface area contributed by atoms with E-state index < -0.39 is 41.6 Å². The summed E-state index contributed by atoms with van der Waals surface area (Å²) >= 11 is 0. The van der Waals surface area contributed by atoms with Crippen LogP contribution in [-0.4, -0.2) is 49.2 Å². The van der Waals surface area contributed by atoms with Gasteiger partial charge in [0.2, 0.25) is 5.78 Å². The molecule has 3 aliphatic heterocycles. The van der Waals surface area contributed by atoms with Crippen LogP contribution in [0.1, 0.15) is 33.6 Å². The smallest absolute Gasteiger partial charge is 0.333 e. The van der Waals surface area contributed by atoms with Gasteiger partial charge < -0.3 is 18.9 Å². The molecule has 0 aromatic heterocycles. The zero-order valence-electron chi connectivity index (χ0n) is 16.7. The van der Waals surface area contributed by atoms with Crippen molar-refractivity contribution < 1.29 is 33.3 Å². The van der Waals surface area contributed by atoms with E-state index in [1.54, 1.807) is 26.8 Å². The highest BCUT2D eigenvalue weighted by Crippen LogP contribution is 2.44. The number of hydrogen-bond acceptors (Lipinski definition) is 7. The lowest BCUT2D eigenvalue weighted by atomic mass is 9.78. The van der Waals surface area contributed by atoms with Gasteiger partial charge in [-0.05, 0) is 26.3 Å². The number of carbonyl (C=O) groups is 3. The monoisotopic (exact) mass is 390 g/mol. The molecule has 0 aliphatic carbocycles. The SMILES string of the molecule is C=C1C[C@H]2OC(=O)[C@@H](COC)[C@@H]2[C@@H](OC(=O)/C(C)=C\C)C[C@@]2(C)OC1=CC2=O. The molecule has 0 aromatic carbocycles. The normalized spacial score (nSPS) is 35.2. The number of ketones is 1. The van der Waals surface area contributed by atoms with Crippen molar-refractivity contribution >= 4 is 17.7 Å². The van der Waals surface area contributed by atoms with Crippen molar-refractivity contribution in [2.75, 3.05) is 13.7 Å². The summed E-state index contributed by atoms with van der Waals surface area (Å²) in [5.74, 6) is -1.77. The number of esters is 2. The van der Waals surface area contributed by atoms with Crippen LogP contribution in [0, 0.1) is 11.8 Å². The number of allylic oxidation sites excluding steroid dienone is 2. The lowest BCUT2D eigenvalue weighted by Gasteiger charge is -2.33. The Morgan fingerprint density at radius 2 is 2.14 bits per heavy atom. The predicted octanol–water partition coefficient (Wildman–Crippen LogP) is 2.26. The molecule has 0 N–H and O–H groups in total. The topological polar surface area (TPSA) is 88.1 Å². The molecular weight excluding hydrogens is 364 g/mol. The van der Waals surface area contributed by atoms with Gasteiger partial charge in [-0.1, -0.05) is 12.7 Å². The van der Waals surface area contributed by atoms with Crippen LogP contribution in [0.15, 0.2) is 35.6 Å². The lowest BCUT2D eigenvalue weighted by molar-refractivity contribution is -0.155. The zero-order valence-corrected chi connectivity index (χ0v) is 16.7. The summed E-state index contributed by atoms with van der Waals surface area (Å²) in [7, 11) is 1.50. The number of fused-ring (bicyclic) bond motifs is 3. The van der Waals surface area contributed by atoms with Gasteiger partial charge in [0.25, 0.3) is 0 Å². The van der Waals surface area contributed by atoms with Gasteiger partial charge in [0.15, 0.2) is 5.60 Å². The van der Waals surface area contributed by atoms with Crippen molar-refractivity contribution in [2.45, 2.75) is 51.4 Å². The van der Waals surface area contributed by atoms with Crippen LogP contribution in [0.4, 0.5) is 0 Å². The van der Waals surface area contributed by atoms with E-state index in [1.807, 2.05) is 0 Å². The van der Waals surface area contributed by atoms with Gasteiger partial charge in [-0.25, -0.2) is 4.79 Å². The molecule has 0 radical (unpaired) electrons. The maximum atomic E-state index is 12.6. The molecule has 3 heterocycles. The number of ether oxygens (including phenoxy) is 4. The highest BCUT2D eigenvalue weighted by Gasteiger charge is 2.55. The minimum atomic E-state index is -1.19. The van der Waals surface area contributed by atoms with Gasteiger partial charge in [0, 0.05) is 37.5 Å². The van der Waals surface area contributed by atoms with E-state index in [2.05, 4.69) is 6.58 Å². The van der Waals surface area contributed by atoms with E-state index in [-0.39, 0.29) is 18.8 Å². The first kappa shape index (κ1) is 20.3. The second-order valence-corrected chi connectivity index (χ2v) is 7.75. The summed E-state index contributed by atoms with van der Waals surface area (Å²) in [5.41, 5.74) is -0.169. The van der Waals surface area contributed by atoms with Gasteiger partial charge in [-0.2, -0.15) is 0 Å². The Balaban J connectivity index is 2.03. The molecule has 0 unspecified atom stereocenters. The van der Waals surface area contributed by atoms with E-state index in [9.17, 15) is 14.4 Å². The maximum Gasteiger partial charge on any atom is 0.333 e.